The first kappa shape index (κ1) is 14.9. The molecule has 1 aromatic rings. The molecule has 1 fully saturated rings. The molecule has 2 rings (SSSR count). The molecular formula is C15H19ClN2O2. The number of carbonyl (C=O) groups is 2. The highest BCUT2D eigenvalue weighted by Gasteiger charge is 2.25. The summed E-state index contributed by atoms with van der Waals surface area (Å²) in [5, 5.41) is 5.76. The number of benzene rings is 1. The van der Waals surface area contributed by atoms with E-state index in [9.17, 15) is 9.59 Å². The zero-order valence-corrected chi connectivity index (χ0v) is 12.2. The molecule has 5 heteroatoms. The van der Waals surface area contributed by atoms with Crippen LogP contribution in [0.4, 0.5) is 5.69 Å². The van der Waals surface area contributed by atoms with Crippen molar-refractivity contribution in [1.29, 1.82) is 0 Å². The van der Waals surface area contributed by atoms with E-state index < -0.39 is 11.8 Å². The summed E-state index contributed by atoms with van der Waals surface area (Å²) in [5.74, 6) is -0.847. The lowest BCUT2D eigenvalue weighted by molar-refractivity contribution is -0.137. The predicted octanol–water partition coefficient (Wildman–Crippen LogP) is 2.97. The lowest BCUT2D eigenvalue weighted by Gasteiger charge is -2.29. The Labute approximate surface area is 123 Å². The highest BCUT2D eigenvalue weighted by atomic mass is 35.5. The fraction of sp³-hybridized carbons (Fsp3) is 0.467. The Bertz CT molecular complexity index is 504. The zero-order valence-electron chi connectivity index (χ0n) is 11.5. The Morgan fingerprint density at radius 1 is 1.15 bits per heavy atom. The van der Waals surface area contributed by atoms with Gasteiger partial charge < -0.3 is 10.6 Å². The largest absolute Gasteiger partial charge is 0.345 e. The van der Waals surface area contributed by atoms with E-state index >= 15 is 0 Å². The second-order valence-corrected chi connectivity index (χ2v) is 5.68. The lowest BCUT2D eigenvalue weighted by atomic mass is 9.86. The van der Waals surface area contributed by atoms with Crippen molar-refractivity contribution in [2.24, 2.45) is 5.92 Å². The van der Waals surface area contributed by atoms with Crippen molar-refractivity contribution in [2.75, 3.05) is 5.32 Å². The maximum atomic E-state index is 11.9. The van der Waals surface area contributed by atoms with Gasteiger partial charge in [0, 0.05) is 6.04 Å². The van der Waals surface area contributed by atoms with E-state index in [4.69, 9.17) is 11.6 Å². The van der Waals surface area contributed by atoms with Gasteiger partial charge in [-0.3, -0.25) is 9.59 Å². The maximum absolute atomic E-state index is 11.9. The molecule has 1 saturated carbocycles. The molecule has 1 aliphatic carbocycles. The van der Waals surface area contributed by atoms with Crippen LogP contribution in [0.15, 0.2) is 24.3 Å². The summed E-state index contributed by atoms with van der Waals surface area (Å²) in [5.41, 5.74) is 0.450. The third kappa shape index (κ3) is 3.73. The van der Waals surface area contributed by atoms with Gasteiger partial charge in [-0.05, 0) is 30.9 Å². The van der Waals surface area contributed by atoms with Crippen LogP contribution in [-0.4, -0.2) is 17.9 Å². The minimum absolute atomic E-state index is 0.0910. The van der Waals surface area contributed by atoms with E-state index in [0.29, 0.717) is 16.6 Å². The first-order chi connectivity index (χ1) is 9.58. The topological polar surface area (TPSA) is 58.2 Å². The Hall–Kier alpha value is -1.55. The fourth-order valence-corrected chi connectivity index (χ4v) is 2.69. The molecule has 0 unspecified atom stereocenters. The minimum Gasteiger partial charge on any atom is -0.345 e. The number of amides is 2. The van der Waals surface area contributed by atoms with Crippen LogP contribution in [-0.2, 0) is 9.59 Å². The van der Waals surface area contributed by atoms with Gasteiger partial charge in [0.15, 0.2) is 0 Å². The summed E-state index contributed by atoms with van der Waals surface area (Å²) < 4.78 is 0. The summed E-state index contributed by atoms with van der Waals surface area (Å²) in [6.07, 6.45) is 4.32. The van der Waals surface area contributed by atoms with E-state index in [2.05, 4.69) is 17.6 Å². The quantitative estimate of drug-likeness (QED) is 0.824. The van der Waals surface area contributed by atoms with Gasteiger partial charge in [-0.1, -0.05) is 43.5 Å². The number of rotatable bonds is 2. The van der Waals surface area contributed by atoms with Crippen LogP contribution >= 0.6 is 11.6 Å². The molecule has 0 bridgehead atoms. The molecule has 0 saturated heterocycles. The molecule has 0 spiro atoms. The normalized spacial score (nSPS) is 22.1. The lowest BCUT2D eigenvalue weighted by Crippen LogP contribution is -2.45. The van der Waals surface area contributed by atoms with E-state index in [1.807, 2.05) is 0 Å². The number of halogens is 1. The Morgan fingerprint density at radius 2 is 1.85 bits per heavy atom. The molecule has 0 aliphatic heterocycles. The van der Waals surface area contributed by atoms with Gasteiger partial charge in [0.2, 0.25) is 0 Å². The van der Waals surface area contributed by atoms with Crippen molar-refractivity contribution < 1.29 is 9.59 Å². The molecule has 2 atom stereocenters. The van der Waals surface area contributed by atoms with Gasteiger partial charge in [-0.15, -0.1) is 0 Å². The third-order valence-electron chi connectivity index (χ3n) is 3.76. The molecule has 1 aromatic carbocycles. The van der Waals surface area contributed by atoms with Gasteiger partial charge in [-0.25, -0.2) is 0 Å². The highest BCUT2D eigenvalue weighted by molar-refractivity contribution is 6.41. The maximum Gasteiger partial charge on any atom is 0.313 e. The van der Waals surface area contributed by atoms with Gasteiger partial charge in [0.1, 0.15) is 0 Å². The molecule has 1 aliphatic rings. The van der Waals surface area contributed by atoms with Crippen LogP contribution in [0.3, 0.4) is 0 Å². The van der Waals surface area contributed by atoms with Crippen LogP contribution in [0, 0.1) is 5.92 Å². The predicted molar refractivity (Wildman–Crippen MR) is 79.6 cm³/mol. The Morgan fingerprint density at radius 3 is 2.55 bits per heavy atom. The van der Waals surface area contributed by atoms with Crippen LogP contribution < -0.4 is 10.6 Å². The third-order valence-corrected chi connectivity index (χ3v) is 4.09. The average Bonchev–Trinajstić information content (AvgIpc) is 2.43. The molecule has 4 nitrogen and oxygen atoms in total. The van der Waals surface area contributed by atoms with Gasteiger partial charge in [0.05, 0.1) is 10.7 Å². The Kier molecular flexibility index (Phi) is 5.01. The fourth-order valence-electron chi connectivity index (χ4n) is 2.51. The molecule has 0 heterocycles. The second-order valence-electron chi connectivity index (χ2n) is 5.28. The highest BCUT2D eigenvalue weighted by Crippen LogP contribution is 2.24. The summed E-state index contributed by atoms with van der Waals surface area (Å²) in [4.78, 5) is 23.8. The molecule has 0 radical (unpaired) electrons. The number of anilines is 1. The number of hydrogen-bond donors (Lipinski definition) is 2. The molecule has 0 aromatic heterocycles. The van der Waals surface area contributed by atoms with Crippen molar-refractivity contribution >= 4 is 29.1 Å². The van der Waals surface area contributed by atoms with Crippen LogP contribution in [0.1, 0.15) is 32.6 Å². The van der Waals surface area contributed by atoms with E-state index in [1.54, 1.807) is 24.3 Å². The van der Waals surface area contributed by atoms with Crippen molar-refractivity contribution in [3.05, 3.63) is 29.3 Å². The van der Waals surface area contributed by atoms with Crippen LogP contribution in [0.2, 0.25) is 5.02 Å². The van der Waals surface area contributed by atoms with Crippen molar-refractivity contribution in [1.82, 2.24) is 5.32 Å². The van der Waals surface area contributed by atoms with Crippen molar-refractivity contribution in [3.63, 3.8) is 0 Å². The number of carbonyl (C=O) groups excluding carboxylic acids is 2. The minimum atomic E-state index is -0.670. The van der Waals surface area contributed by atoms with Gasteiger partial charge in [0.25, 0.3) is 0 Å². The molecule has 2 amide bonds. The molecule has 20 heavy (non-hydrogen) atoms. The number of hydrogen-bond acceptors (Lipinski definition) is 2. The first-order valence-corrected chi connectivity index (χ1v) is 7.32. The van der Waals surface area contributed by atoms with Crippen LogP contribution in [0.25, 0.3) is 0 Å². The van der Waals surface area contributed by atoms with Crippen molar-refractivity contribution in [3.8, 4) is 0 Å². The number of para-hydroxylation sites is 1. The summed E-state index contributed by atoms with van der Waals surface area (Å²) in [6.45, 7) is 2.11. The standard InChI is InChI=1S/C15H19ClN2O2/c1-10-6-2-4-8-12(10)17-14(19)15(20)18-13-9-5-3-7-11(13)16/h3,5,7,9-10,12H,2,4,6,8H2,1H3,(H,17,19)(H,18,20)/t10-,12-/m0/s1. The molecule has 108 valence electrons. The Balaban J connectivity index is 1.92. The monoisotopic (exact) mass is 294 g/mol. The zero-order chi connectivity index (χ0) is 14.5. The van der Waals surface area contributed by atoms with Gasteiger partial charge in [-0.2, -0.15) is 0 Å². The molecular weight excluding hydrogens is 276 g/mol. The summed E-state index contributed by atoms with van der Waals surface area (Å²) in [7, 11) is 0. The molecule has 2 N–H and O–H groups in total. The first-order valence-electron chi connectivity index (χ1n) is 6.94. The SMILES string of the molecule is C[C@H]1CCCC[C@@H]1NC(=O)C(=O)Nc1ccccc1Cl. The van der Waals surface area contributed by atoms with E-state index in [0.717, 1.165) is 19.3 Å². The summed E-state index contributed by atoms with van der Waals surface area (Å²) in [6, 6.07) is 6.94. The van der Waals surface area contributed by atoms with Crippen molar-refractivity contribution in [2.45, 2.75) is 38.6 Å². The second kappa shape index (κ2) is 6.75. The summed E-state index contributed by atoms with van der Waals surface area (Å²) >= 11 is 5.94. The van der Waals surface area contributed by atoms with E-state index in [1.165, 1.54) is 6.42 Å². The van der Waals surface area contributed by atoms with Gasteiger partial charge >= 0.3 is 11.8 Å². The average molecular weight is 295 g/mol. The smallest absolute Gasteiger partial charge is 0.313 e. The van der Waals surface area contributed by atoms with Crippen LogP contribution in [0.5, 0.6) is 0 Å². The number of nitrogens with one attached hydrogen (secondary N) is 2. The van der Waals surface area contributed by atoms with E-state index in [-0.39, 0.29) is 6.04 Å².